The van der Waals surface area contributed by atoms with Crippen LogP contribution in [0.1, 0.15) is 11.1 Å². The molecule has 4 aromatic carbocycles. The van der Waals surface area contributed by atoms with Crippen molar-refractivity contribution in [3.8, 4) is 22.6 Å². The Morgan fingerprint density at radius 3 is 1.88 bits per heavy atom. The molecule has 1 heterocycles. The van der Waals surface area contributed by atoms with Gasteiger partial charge in [-0.3, -0.25) is 5.73 Å². The average molecular weight is 673 g/mol. The summed E-state index contributed by atoms with van der Waals surface area (Å²) in [7, 11) is 0. The first-order valence-electron chi connectivity index (χ1n) is 12.1. The van der Waals surface area contributed by atoms with Crippen molar-refractivity contribution >= 4 is 32.9 Å². The van der Waals surface area contributed by atoms with Crippen molar-refractivity contribution in [2.75, 3.05) is 5.73 Å². The Bertz CT molecular complexity index is 1720. The maximum Gasteiger partial charge on any atom is 0.419 e. The molecule has 5 aromatic rings. The van der Waals surface area contributed by atoms with Crippen molar-refractivity contribution in [1.82, 2.24) is 4.57 Å². The molecule has 0 unspecified atom stereocenters. The van der Waals surface area contributed by atoms with Gasteiger partial charge in [0, 0.05) is 4.47 Å². The van der Waals surface area contributed by atoms with Crippen molar-refractivity contribution in [2.45, 2.75) is 25.8 Å². The normalized spacial score (nSPS) is 11.8. The number of hydrogen-bond acceptors (Lipinski definition) is 3. The number of halogens is 8. The van der Waals surface area contributed by atoms with Gasteiger partial charge in [-0.05, 0) is 53.6 Å². The Balaban J connectivity index is 0.00000405. The van der Waals surface area contributed by atoms with Crippen molar-refractivity contribution in [3.05, 3.63) is 107 Å². The molecule has 0 aliphatic heterocycles. The fourth-order valence-corrected chi connectivity index (χ4v) is 4.93. The number of ether oxygens (including phenoxy) is 2. The molecule has 0 radical (unpaired) electrons. The molecule has 0 saturated heterocycles. The van der Waals surface area contributed by atoms with E-state index in [0.29, 0.717) is 11.0 Å². The minimum Gasteiger partial charge on any atom is -1.00 e. The molecule has 5 rings (SSSR count). The van der Waals surface area contributed by atoms with E-state index in [4.69, 9.17) is 15.2 Å². The third kappa shape index (κ3) is 6.29. The maximum absolute atomic E-state index is 13.6. The van der Waals surface area contributed by atoms with Crippen LogP contribution in [0, 0.1) is 0 Å². The number of fused-ring (bicyclic) bond motifs is 1. The van der Waals surface area contributed by atoms with Gasteiger partial charge in [0.15, 0.2) is 0 Å². The Kier molecular flexibility index (Phi) is 8.98. The number of aromatic nitrogens is 2. The van der Waals surface area contributed by atoms with E-state index in [1.807, 2.05) is 24.3 Å². The van der Waals surface area contributed by atoms with Crippen LogP contribution in [-0.4, -0.2) is 4.57 Å². The number of rotatable bonds is 7. The summed E-state index contributed by atoms with van der Waals surface area (Å²) in [5.74, 6) is -0.795. The molecule has 1 aromatic heterocycles. The van der Waals surface area contributed by atoms with E-state index in [2.05, 4.69) is 15.9 Å². The van der Waals surface area contributed by atoms with Crippen LogP contribution in [0.5, 0.6) is 11.5 Å². The Morgan fingerprint density at radius 2 is 1.29 bits per heavy atom. The number of anilines is 1. The lowest BCUT2D eigenvalue weighted by atomic mass is 10.1. The highest BCUT2D eigenvalue weighted by molar-refractivity contribution is 9.10. The molecule has 0 spiro atoms. The smallest absolute Gasteiger partial charge is 0.419 e. The molecule has 0 aliphatic rings. The number of nitrogens with zero attached hydrogens (tertiary/aromatic N) is 2. The van der Waals surface area contributed by atoms with E-state index in [9.17, 15) is 26.3 Å². The second kappa shape index (κ2) is 12.1. The monoisotopic (exact) mass is 671 g/mol. The summed E-state index contributed by atoms with van der Waals surface area (Å²) in [6.45, 7) is -0.822. The van der Waals surface area contributed by atoms with Gasteiger partial charge in [-0.25, -0.2) is 0 Å². The van der Waals surface area contributed by atoms with Gasteiger partial charge in [-0.15, -0.1) is 0 Å². The zero-order valence-electron chi connectivity index (χ0n) is 21.4. The Morgan fingerprint density at radius 1 is 0.738 bits per heavy atom. The summed E-state index contributed by atoms with van der Waals surface area (Å²) in [5, 5.41) is 0. The molecule has 0 aliphatic carbocycles. The fourth-order valence-electron chi connectivity index (χ4n) is 4.42. The highest BCUT2D eigenvalue weighted by Crippen LogP contribution is 2.38. The van der Waals surface area contributed by atoms with E-state index in [-0.39, 0.29) is 18.4 Å². The second-order valence-corrected chi connectivity index (χ2v) is 9.79. The van der Waals surface area contributed by atoms with Gasteiger partial charge in [0.1, 0.15) is 22.5 Å². The van der Waals surface area contributed by atoms with Crippen molar-refractivity contribution in [2.24, 2.45) is 0 Å². The maximum atomic E-state index is 13.6. The summed E-state index contributed by atoms with van der Waals surface area (Å²) >= 11 is 3.52. The first kappa shape index (κ1) is 31.0. The zero-order chi connectivity index (χ0) is 29.4. The van der Waals surface area contributed by atoms with Gasteiger partial charge in [0.05, 0.1) is 11.1 Å². The van der Waals surface area contributed by atoms with E-state index in [0.717, 1.165) is 27.7 Å². The van der Waals surface area contributed by atoms with Crippen LogP contribution in [0.2, 0.25) is 0 Å². The topological polar surface area (TPSA) is 53.3 Å². The van der Waals surface area contributed by atoms with Crippen LogP contribution in [-0.2, 0) is 25.8 Å². The van der Waals surface area contributed by atoms with Gasteiger partial charge < -0.3 is 21.9 Å². The zero-order valence-corrected chi connectivity index (χ0v) is 23.7. The lowest BCUT2D eigenvalue weighted by Crippen LogP contribution is -3.00. The molecule has 0 amide bonds. The van der Waals surface area contributed by atoms with Crippen LogP contribution in [0.4, 0.5) is 32.3 Å². The van der Waals surface area contributed by atoms with Crippen LogP contribution in [0.25, 0.3) is 22.2 Å². The number of nitrogens with two attached hydrogens (primary N) is 1. The molecular weight excluding hydrogens is 652 g/mol. The third-order valence-electron chi connectivity index (χ3n) is 6.38. The molecule has 0 fully saturated rings. The molecule has 2 N–H and O–H groups in total. The fraction of sp³-hybridized carbons (Fsp3) is 0.138. The SMILES string of the molecule is Nc1n(COc2ccccc2C(F)(F)F)c2cc(-c3ccccc3Br)ccc2[n+]1COc1ccccc1C(F)(F)F.[Cl-]. The number of benzene rings is 4. The standard InChI is InChI=1S/C29H20BrF6N3O2.ClH/c30-22-10-4-1-7-19(22)18-13-14-23-24(15-18)39(17-41-26-12-6-3-9-21(26)29(34,35)36)27(37)38(23)16-40-25-11-5-2-8-20(25)28(31,32)33;/h1-15,37H,16-17H2;1H. The van der Waals surface area contributed by atoms with Crippen LogP contribution < -0.4 is 32.2 Å². The van der Waals surface area contributed by atoms with E-state index >= 15 is 0 Å². The number of hydrogen-bond donors (Lipinski definition) is 1. The largest absolute Gasteiger partial charge is 1.00 e. The lowest BCUT2D eigenvalue weighted by molar-refractivity contribution is -0.687. The van der Waals surface area contributed by atoms with Crippen molar-refractivity contribution in [3.63, 3.8) is 0 Å². The number of para-hydroxylation sites is 2. The van der Waals surface area contributed by atoms with Gasteiger partial charge in [-0.1, -0.05) is 64.5 Å². The highest BCUT2D eigenvalue weighted by Gasteiger charge is 2.35. The predicted molar refractivity (Wildman–Crippen MR) is 144 cm³/mol. The molecule has 5 nitrogen and oxygen atoms in total. The summed E-state index contributed by atoms with van der Waals surface area (Å²) in [6.07, 6.45) is -9.29. The van der Waals surface area contributed by atoms with Gasteiger partial charge in [0.2, 0.25) is 13.5 Å². The second-order valence-electron chi connectivity index (χ2n) is 8.93. The first-order valence-corrected chi connectivity index (χ1v) is 12.9. The van der Waals surface area contributed by atoms with Crippen molar-refractivity contribution in [1.29, 1.82) is 0 Å². The number of alkyl halides is 6. The van der Waals surface area contributed by atoms with Crippen molar-refractivity contribution < 1.29 is 52.8 Å². The quantitative estimate of drug-likeness (QED) is 0.195. The van der Waals surface area contributed by atoms with Crippen LogP contribution in [0.3, 0.4) is 0 Å². The minimum atomic E-state index is -4.65. The number of nitrogen functional groups attached to an aromatic ring is 1. The van der Waals surface area contributed by atoms with E-state index < -0.39 is 48.4 Å². The lowest BCUT2D eigenvalue weighted by Gasteiger charge is -2.13. The molecule has 0 saturated carbocycles. The predicted octanol–water partition coefficient (Wildman–Crippen LogP) is 5.06. The van der Waals surface area contributed by atoms with Gasteiger partial charge in [-0.2, -0.15) is 35.5 Å². The Labute approximate surface area is 250 Å². The molecule has 13 heteroatoms. The molecule has 0 atom stereocenters. The molecule has 42 heavy (non-hydrogen) atoms. The van der Waals surface area contributed by atoms with E-state index in [1.165, 1.54) is 45.5 Å². The van der Waals surface area contributed by atoms with Gasteiger partial charge >= 0.3 is 18.3 Å². The first-order chi connectivity index (χ1) is 19.4. The third-order valence-corrected chi connectivity index (χ3v) is 7.07. The molecule has 220 valence electrons. The average Bonchev–Trinajstić information content (AvgIpc) is 3.19. The van der Waals surface area contributed by atoms with E-state index in [1.54, 1.807) is 18.2 Å². The summed E-state index contributed by atoms with van der Waals surface area (Å²) in [6, 6.07) is 22.2. The number of imidazole rings is 1. The minimum absolute atomic E-state index is 0. The van der Waals surface area contributed by atoms with Gasteiger partial charge in [0.25, 0.3) is 0 Å². The summed E-state index contributed by atoms with van der Waals surface area (Å²) in [4.78, 5) is 0. The highest BCUT2D eigenvalue weighted by atomic mass is 79.9. The summed E-state index contributed by atoms with van der Waals surface area (Å²) in [5.41, 5.74) is 7.05. The molecular formula is C29H21BrClF6N3O2. The van der Waals surface area contributed by atoms with Crippen LogP contribution in [0.15, 0.2) is 95.5 Å². The Hall–Kier alpha value is -3.90. The molecule has 0 bridgehead atoms. The summed E-state index contributed by atoms with van der Waals surface area (Å²) < 4.78 is 96.0. The van der Waals surface area contributed by atoms with Crippen LogP contribution >= 0.6 is 15.9 Å².